The fourth-order valence-corrected chi connectivity index (χ4v) is 2.66. The maximum absolute atomic E-state index is 11.4. The van der Waals surface area contributed by atoms with Gasteiger partial charge in [0.15, 0.2) is 0 Å². The fraction of sp³-hybridized carbons (Fsp3) is 0.571. The van der Waals surface area contributed by atoms with Crippen molar-refractivity contribution in [3.8, 4) is 0 Å². The van der Waals surface area contributed by atoms with E-state index in [1.807, 2.05) is 25.1 Å². The highest BCUT2D eigenvalue weighted by Gasteiger charge is 2.44. The first-order chi connectivity index (χ1) is 8.59. The monoisotopic (exact) mass is 248 g/mol. The van der Waals surface area contributed by atoms with E-state index in [2.05, 4.69) is 16.8 Å². The Kier molecular flexibility index (Phi) is 3.66. The first-order valence-corrected chi connectivity index (χ1v) is 6.47. The summed E-state index contributed by atoms with van der Waals surface area (Å²) in [5.74, 6) is -0.666. The second-order valence-electron chi connectivity index (χ2n) is 5.09. The predicted octanol–water partition coefficient (Wildman–Crippen LogP) is 2.33. The van der Waals surface area contributed by atoms with Crippen molar-refractivity contribution >= 4 is 5.97 Å². The first kappa shape index (κ1) is 13.0. The largest absolute Gasteiger partial charge is 0.481 e. The standard InChI is InChI=1S/C14H20N2O2/c1-3-14(13(17)18)7-9-16(10-14)11(2)12-6-4-5-8-15-12/h4-6,8,11H,3,7,9-10H2,1-2H3,(H,17,18). The molecule has 18 heavy (non-hydrogen) atoms. The fourth-order valence-electron chi connectivity index (χ4n) is 2.66. The van der Waals surface area contributed by atoms with E-state index in [1.54, 1.807) is 6.20 Å². The van der Waals surface area contributed by atoms with Crippen molar-refractivity contribution in [2.45, 2.75) is 32.7 Å². The van der Waals surface area contributed by atoms with E-state index in [0.29, 0.717) is 13.0 Å². The molecule has 2 rings (SSSR count). The van der Waals surface area contributed by atoms with Crippen LogP contribution < -0.4 is 0 Å². The van der Waals surface area contributed by atoms with Gasteiger partial charge < -0.3 is 5.11 Å². The average molecular weight is 248 g/mol. The Morgan fingerprint density at radius 1 is 1.61 bits per heavy atom. The van der Waals surface area contributed by atoms with Gasteiger partial charge in [-0.1, -0.05) is 13.0 Å². The van der Waals surface area contributed by atoms with Crippen LogP contribution in [0, 0.1) is 5.41 Å². The first-order valence-electron chi connectivity index (χ1n) is 6.47. The van der Waals surface area contributed by atoms with Crippen LogP contribution in [0.1, 0.15) is 38.4 Å². The molecule has 0 bridgehead atoms. The maximum Gasteiger partial charge on any atom is 0.310 e. The van der Waals surface area contributed by atoms with E-state index in [1.165, 1.54) is 0 Å². The second kappa shape index (κ2) is 5.06. The number of carboxylic acid groups (broad SMARTS) is 1. The van der Waals surface area contributed by atoms with Gasteiger partial charge in [-0.2, -0.15) is 0 Å². The zero-order valence-electron chi connectivity index (χ0n) is 11.0. The molecule has 1 aliphatic heterocycles. The highest BCUT2D eigenvalue weighted by atomic mass is 16.4. The molecule has 0 spiro atoms. The van der Waals surface area contributed by atoms with E-state index in [4.69, 9.17) is 0 Å². The van der Waals surface area contributed by atoms with Crippen LogP contribution in [-0.2, 0) is 4.79 Å². The molecule has 1 saturated heterocycles. The summed E-state index contributed by atoms with van der Waals surface area (Å²) in [7, 11) is 0. The van der Waals surface area contributed by atoms with Crippen molar-refractivity contribution in [1.82, 2.24) is 9.88 Å². The lowest BCUT2D eigenvalue weighted by Crippen LogP contribution is -2.35. The van der Waals surface area contributed by atoms with Gasteiger partial charge in [0.2, 0.25) is 0 Å². The number of hydrogen-bond acceptors (Lipinski definition) is 3. The molecular formula is C14H20N2O2. The summed E-state index contributed by atoms with van der Waals surface area (Å²) >= 11 is 0. The quantitative estimate of drug-likeness (QED) is 0.888. The number of rotatable bonds is 4. The number of pyridine rings is 1. The summed E-state index contributed by atoms with van der Waals surface area (Å²) in [6.07, 6.45) is 3.20. The summed E-state index contributed by atoms with van der Waals surface area (Å²) in [6.45, 7) is 5.51. The lowest BCUT2D eigenvalue weighted by molar-refractivity contribution is -0.148. The molecule has 4 nitrogen and oxygen atoms in total. The highest BCUT2D eigenvalue weighted by Crippen LogP contribution is 2.37. The van der Waals surface area contributed by atoms with Crippen molar-refractivity contribution in [2.75, 3.05) is 13.1 Å². The summed E-state index contributed by atoms with van der Waals surface area (Å²) < 4.78 is 0. The van der Waals surface area contributed by atoms with Crippen LogP contribution in [0.3, 0.4) is 0 Å². The second-order valence-corrected chi connectivity index (χ2v) is 5.09. The number of aliphatic carboxylic acids is 1. The van der Waals surface area contributed by atoms with Crippen molar-refractivity contribution in [3.05, 3.63) is 30.1 Å². The van der Waals surface area contributed by atoms with Crippen LogP contribution in [0.25, 0.3) is 0 Å². The molecule has 0 saturated carbocycles. The molecule has 2 atom stereocenters. The van der Waals surface area contributed by atoms with Gasteiger partial charge in [0.25, 0.3) is 0 Å². The Morgan fingerprint density at radius 2 is 2.39 bits per heavy atom. The Labute approximate surface area is 108 Å². The van der Waals surface area contributed by atoms with Crippen molar-refractivity contribution in [3.63, 3.8) is 0 Å². The normalized spacial score (nSPS) is 26.1. The molecule has 0 amide bonds. The van der Waals surface area contributed by atoms with Gasteiger partial charge in [0.1, 0.15) is 0 Å². The lowest BCUT2D eigenvalue weighted by Gasteiger charge is -2.27. The van der Waals surface area contributed by atoms with Crippen LogP contribution >= 0.6 is 0 Å². The Morgan fingerprint density at radius 3 is 2.89 bits per heavy atom. The lowest BCUT2D eigenvalue weighted by atomic mass is 9.84. The Balaban J connectivity index is 2.11. The summed E-state index contributed by atoms with van der Waals surface area (Å²) in [6, 6.07) is 6.05. The molecule has 1 N–H and O–H groups in total. The van der Waals surface area contributed by atoms with Gasteiger partial charge in [-0.3, -0.25) is 14.7 Å². The third-order valence-corrected chi connectivity index (χ3v) is 4.18. The van der Waals surface area contributed by atoms with Crippen molar-refractivity contribution in [2.24, 2.45) is 5.41 Å². The molecule has 98 valence electrons. The van der Waals surface area contributed by atoms with Gasteiger partial charge >= 0.3 is 5.97 Å². The average Bonchev–Trinajstić information content (AvgIpc) is 2.84. The molecule has 0 radical (unpaired) electrons. The molecule has 2 unspecified atom stereocenters. The zero-order chi connectivity index (χ0) is 13.2. The van der Waals surface area contributed by atoms with E-state index in [9.17, 15) is 9.90 Å². The van der Waals surface area contributed by atoms with Crippen LogP contribution in [0.2, 0.25) is 0 Å². The summed E-state index contributed by atoms with van der Waals surface area (Å²) in [5.41, 5.74) is 0.443. The topological polar surface area (TPSA) is 53.4 Å². The molecule has 4 heteroatoms. The highest BCUT2D eigenvalue weighted by molar-refractivity contribution is 5.75. The number of carboxylic acids is 1. The van der Waals surface area contributed by atoms with Gasteiger partial charge in [0, 0.05) is 18.8 Å². The maximum atomic E-state index is 11.4. The van der Waals surface area contributed by atoms with Crippen LogP contribution in [0.15, 0.2) is 24.4 Å². The van der Waals surface area contributed by atoms with Gasteiger partial charge in [0.05, 0.1) is 11.1 Å². The van der Waals surface area contributed by atoms with Gasteiger partial charge in [-0.25, -0.2) is 0 Å². The third kappa shape index (κ3) is 2.25. The third-order valence-electron chi connectivity index (χ3n) is 4.18. The summed E-state index contributed by atoms with van der Waals surface area (Å²) in [5, 5.41) is 9.39. The molecular weight excluding hydrogens is 228 g/mol. The van der Waals surface area contributed by atoms with Crippen molar-refractivity contribution < 1.29 is 9.90 Å². The minimum atomic E-state index is -0.666. The van der Waals surface area contributed by atoms with E-state index < -0.39 is 11.4 Å². The van der Waals surface area contributed by atoms with Gasteiger partial charge in [-0.05, 0) is 38.4 Å². The smallest absolute Gasteiger partial charge is 0.310 e. The van der Waals surface area contributed by atoms with Crippen molar-refractivity contribution in [1.29, 1.82) is 0 Å². The van der Waals surface area contributed by atoms with E-state index in [0.717, 1.165) is 18.7 Å². The number of likely N-dealkylation sites (tertiary alicyclic amines) is 1. The number of aromatic nitrogens is 1. The van der Waals surface area contributed by atoms with Crippen LogP contribution in [-0.4, -0.2) is 34.0 Å². The summed E-state index contributed by atoms with van der Waals surface area (Å²) in [4.78, 5) is 18.0. The molecule has 1 aliphatic rings. The molecule has 1 fully saturated rings. The molecule has 1 aromatic heterocycles. The molecule has 1 aromatic rings. The number of nitrogens with zero attached hydrogens (tertiary/aromatic N) is 2. The minimum absolute atomic E-state index is 0.180. The Hall–Kier alpha value is -1.42. The number of hydrogen-bond donors (Lipinski definition) is 1. The zero-order valence-corrected chi connectivity index (χ0v) is 11.0. The van der Waals surface area contributed by atoms with E-state index in [-0.39, 0.29) is 6.04 Å². The molecule has 0 aromatic carbocycles. The SMILES string of the molecule is CCC1(C(=O)O)CCN(C(C)c2ccccn2)C1. The van der Waals surface area contributed by atoms with Gasteiger partial charge in [-0.15, -0.1) is 0 Å². The van der Waals surface area contributed by atoms with Crippen LogP contribution in [0.4, 0.5) is 0 Å². The number of carbonyl (C=O) groups is 1. The Bertz CT molecular complexity index is 421. The predicted molar refractivity (Wildman–Crippen MR) is 69.2 cm³/mol. The van der Waals surface area contributed by atoms with Crippen LogP contribution in [0.5, 0.6) is 0 Å². The minimum Gasteiger partial charge on any atom is -0.481 e. The molecule has 2 heterocycles. The van der Waals surface area contributed by atoms with E-state index >= 15 is 0 Å². The molecule has 0 aliphatic carbocycles.